The van der Waals surface area contributed by atoms with Gasteiger partial charge >= 0.3 is 0 Å². The van der Waals surface area contributed by atoms with E-state index in [1.54, 1.807) is 7.11 Å². The first-order chi connectivity index (χ1) is 11.7. The minimum Gasteiger partial charge on any atom is -0.491 e. The number of rotatable bonds is 10. The molecule has 1 N–H and O–H groups in total. The number of anilines is 1. The van der Waals surface area contributed by atoms with Gasteiger partial charge in [-0.1, -0.05) is 25.1 Å². The standard InChI is InChI=1S/C20H27NO3/c1-4-16(2)24-19-11-9-18(10-12-19)21-15-17-7-5-6-8-20(17)23-14-13-22-3/h5-12,16,21H,4,13-15H2,1-3H3. The molecule has 1 unspecified atom stereocenters. The molecule has 0 radical (unpaired) electrons. The van der Waals surface area contributed by atoms with E-state index < -0.39 is 0 Å². The molecule has 0 bridgehead atoms. The van der Waals surface area contributed by atoms with Gasteiger partial charge in [0.25, 0.3) is 0 Å². The van der Waals surface area contributed by atoms with Crippen LogP contribution in [-0.4, -0.2) is 26.4 Å². The van der Waals surface area contributed by atoms with Crippen LogP contribution in [0.2, 0.25) is 0 Å². The van der Waals surface area contributed by atoms with Crippen molar-refractivity contribution in [1.82, 2.24) is 0 Å². The summed E-state index contributed by atoms with van der Waals surface area (Å²) in [4.78, 5) is 0. The van der Waals surface area contributed by atoms with Crippen LogP contribution in [0.4, 0.5) is 5.69 Å². The molecule has 4 heteroatoms. The third-order valence-corrected chi connectivity index (χ3v) is 3.77. The van der Waals surface area contributed by atoms with Gasteiger partial charge in [0.2, 0.25) is 0 Å². The number of hydrogen-bond donors (Lipinski definition) is 1. The highest BCUT2D eigenvalue weighted by molar-refractivity contribution is 5.48. The summed E-state index contributed by atoms with van der Waals surface area (Å²) in [6.45, 7) is 6.03. The summed E-state index contributed by atoms with van der Waals surface area (Å²) in [6.07, 6.45) is 1.24. The Bertz CT molecular complexity index is 598. The lowest BCUT2D eigenvalue weighted by Crippen LogP contribution is -2.09. The first kappa shape index (κ1) is 18.1. The van der Waals surface area contributed by atoms with Crippen molar-refractivity contribution in [3.05, 3.63) is 54.1 Å². The largest absolute Gasteiger partial charge is 0.491 e. The van der Waals surface area contributed by atoms with E-state index in [4.69, 9.17) is 14.2 Å². The molecule has 0 heterocycles. The second-order valence-electron chi connectivity index (χ2n) is 5.66. The molecule has 0 fully saturated rings. The molecule has 130 valence electrons. The fraction of sp³-hybridized carbons (Fsp3) is 0.400. The minimum absolute atomic E-state index is 0.236. The van der Waals surface area contributed by atoms with Gasteiger partial charge in [-0.25, -0.2) is 0 Å². The molecule has 24 heavy (non-hydrogen) atoms. The van der Waals surface area contributed by atoms with Gasteiger partial charge in [0.05, 0.1) is 12.7 Å². The molecule has 0 aliphatic heterocycles. The molecule has 0 saturated carbocycles. The Hall–Kier alpha value is -2.20. The fourth-order valence-electron chi connectivity index (χ4n) is 2.19. The van der Waals surface area contributed by atoms with Gasteiger partial charge in [-0.2, -0.15) is 0 Å². The Morgan fingerprint density at radius 2 is 1.75 bits per heavy atom. The Kier molecular flexibility index (Phi) is 7.43. The zero-order valence-electron chi connectivity index (χ0n) is 14.7. The highest BCUT2D eigenvalue weighted by atomic mass is 16.5. The first-order valence-corrected chi connectivity index (χ1v) is 8.43. The molecular weight excluding hydrogens is 302 g/mol. The summed E-state index contributed by atoms with van der Waals surface area (Å²) in [5.74, 6) is 1.79. The van der Waals surface area contributed by atoms with E-state index in [2.05, 4.69) is 25.2 Å². The molecule has 0 aliphatic rings. The van der Waals surface area contributed by atoms with Crippen LogP contribution in [0.15, 0.2) is 48.5 Å². The van der Waals surface area contributed by atoms with E-state index >= 15 is 0 Å². The van der Waals surface area contributed by atoms with Crippen LogP contribution in [0.3, 0.4) is 0 Å². The van der Waals surface area contributed by atoms with Crippen LogP contribution in [-0.2, 0) is 11.3 Å². The monoisotopic (exact) mass is 329 g/mol. The minimum atomic E-state index is 0.236. The van der Waals surface area contributed by atoms with Crippen LogP contribution in [0.1, 0.15) is 25.8 Å². The van der Waals surface area contributed by atoms with E-state index in [-0.39, 0.29) is 6.10 Å². The third kappa shape index (κ3) is 5.78. The summed E-state index contributed by atoms with van der Waals surface area (Å²) in [5, 5.41) is 3.42. The topological polar surface area (TPSA) is 39.7 Å². The number of nitrogens with one attached hydrogen (secondary N) is 1. The van der Waals surface area contributed by atoms with Gasteiger partial charge < -0.3 is 19.5 Å². The molecule has 1 atom stereocenters. The van der Waals surface area contributed by atoms with Crippen LogP contribution >= 0.6 is 0 Å². The average molecular weight is 329 g/mol. The Morgan fingerprint density at radius 1 is 1.00 bits per heavy atom. The number of para-hydroxylation sites is 1. The quantitative estimate of drug-likeness (QED) is 0.651. The predicted molar refractivity (Wildman–Crippen MR) is 98.0 cm³/mol. The normalized spacial score (nSPS) is 11.8. The molecule has 2 rings (SSSR count). The Labute approximate surface area is 144 Å². The summed E-state index contributed by atoms with van der Waals surface area (Å²) in [7, 11) is 1.67. The van der Waals surface area contributed by atoms with Gasteiger partial charge in [-0.05, 0) is 43.7 Å². The predicted octanol–water partition coefficient (Wildman–Crippen LogP) is 4.50. The molecule has 0 aliphatic carbocycles. The molecular formula is C20H27NO3. The van der Waals surface area contributed by atoms with E-state index in [1.807, 2.05) is 42.5 Å². The van der Waals surface area contributed by atoms with Crippen molar-refractivity contribution in [2.24, 2.45) is 0 Å². The molecule has 0 spiro atoms. The number of ether oxygens (including phenoxy) is 3. The van der Waals surface area contributed by atoms with Crippen LogP contribution in [0.5, 0.6) is 11.5 Å². The lowest BCUT2D eigenvalue weighted by molar-refractivity contribution is 0.146. The second-order valence-corrected chi connectivity index (χ2v) is 5.66. The molecule has 2 aromatic carbocycles. The number of hydrogen-bond acceptors (Lipinski definition) is 4. The summed E-state index contributed by atoms with van der Waals surface area (Å²) < 4.78 is 16.6. The maximum atomic E-state index is 5.80. The number of methoxy groups -OCH3 is 1. The summed E-state index contributed by atoms with van der Waals surface area (Å²) in [6, 6.07) is 16.1. The summed E-state index contributed by atoms with van der Waals surface area (Å²) >= 11 is 0. The van der Waals surface area contributed by atoms with Crippen LogP contribution in [0, 0.1) is 0 Å². The van der Waals surface area contributed by atoms with Gasteiger partial charge in [0.15, 0.2) is 0 Å². The molecule has 2 aromatic rings. The van der Waals surface area contributed by atoms with Gasteiger partial charge in [0.1, 0.15) is 18.1 Å². The SMILES string of the molecule is CCC(C)Oc1ccc(NCc2ccccc2OCCOC)cc1. The van der Waals surface area contributed by atoms with E-state index in [9.17, 15) is 0 Å². The van der Waals surface area contributed by atoms with Crippen molar-refractivity contribution in [3.8, 4) is 11.5 Å². The Balaban J connectivity index is 1.91. The third-order valence-electron chi connectivity index (χ3n) is 3.77. The first-order valence-electron chi connectivity index (χ1n) is 8.43. The van der Waals surface area contributed by atoms with E-state index in [1.165, 1.54) is 0 Å². The van der Waals surface area contributed by atoms with Crippen LogP contribution in [0.25, 0.3) is 0 Å². The van der Waals surface area contributed by atoms with E-state index in [0.717, 1.165) is 29.2 Å². The maximum absolute atomic E-state index is 5.80. The highest BCUT2D eigenvalue weighted by Crippen LogP contribution is 2.21. The van der Waals surface area contributed by atoms with Gasteiger partial charge in [0, 0.05) is 24.9 Å². The summed E-state index contributed by atoms with van der Waals surface area (Å²) in [5.41, 5.74) is 2.17. The van der Waals surface area contributed by atoms with Crippen molar-refractivity contribution >= 4 is 5.69 Å². The van der Waals surface area contributed by atoms with Crippen molar-refractivity contribution in [2.75, 3.05) is 25.6 Å². The number of benzene rings is 2. The lowest BCUT2D eigenvalue weighted by atomic mass is 10.2. The van der Waals surface area contributed by atoms with E-state index in [0.29, 0.717) is 19.8 Å². The van der Waals surface area contributed by atoms with Crippen molar-refractivity contribution in [2.45, 2.75) is 32.9 Å². The smallest absolute Gasteiger partial charge is 0.124 e. The molecule has 0 aromatic heterocycles. The lowest BCUT2D eigenvalue weighted by Gasteiger charge is -2.14. The molecule has 0 saturated heterocycles. The molecule has 4 nitrogen and oxygen atoms in total. The van der Waals surface area contributed by atoms with Gasteiger partial charge in [-0.3, -0.25) is 0 Å². The highest BCUT2D eigenvalue weighted by Gasteiger charge is 2.04. The van der Waals surface area contributed by atoms with Gasteiger partial charge in [-0.15, -0.1) is 0 Å². The second kappa shape index (κ2) is 9.83. The maximum Gasteiger partial charge on any atom is 0.124 e. The zero-order chi connectivity index (χ0) is 17.2. The van der Waals surface area contributed by atoms with Crippen molar-refractivity contribution in [1.29, 1.82) is 0 Å². The van der Waals surface area contributed by atoms with Crippen molar-refractivity contribution < 1.29 is 14.2 Å². The average Bonchev–Trinajstić information content (AvgIpc) is 2.62. The van der Waals surface area contributed by atoms with Crippen LogP contribution < -0.4 is 14.8 Å². The van der Waals surface area contributed by atoms with Crippen molar-refractivity contribution in [3.63, 3.8) is 0 Å². The molecule has 0 amide bonds. The zero-order valence-corrected chi connectivity index (χ0v) is 14.7. The fourth-order valence-corrected chi connectivity index (χ4v) is 2.19. The Morgan fingerprint density at radius 3 is 2.46 bits per heavy atom.